The Morgan fingerprint density at radius 1 is 1.43 bits per heavy atom. The first kappa shape index (κ1) is 16.0. The highest BCUT2D eigenvalue weighted by atomic mass is 35.5. The van der Waals surface area contributed by atoms with Gasteiger partial charge < -0.3 is 9.54 Å². The molecule has 21 heavy (non-hydrogen) atoms. The van der Waals surface area contributed by atoms with Gasteiger partial charge in [-0.1, -0.05) is 16.0 Å². The monoisotopic (exact) mass is 325 g/mol. The molecule has 0 aromatic carbocycles. The van der Waals surface area contributed by atoms with E-state index in [1.54, 1.807) is 19.1 Å². The van der Waals surface area contributed by atoms with Crippen LogP contribution in [0.15, 0.2) is 27.5 Å². The van der Waals surface area contributed by atoms with Gasteiger partial charge in [0.2, 0.25) is 0 Å². The highest BCUT2D eigenvalue weighted by molar-refractivity contribution is 7.91. The van der Waals surface area contributed by atoms with E-state index in [2.05, 4.69) is 14.4 Å². The first-order valence-corrected chi connectivity index (χ1v) is 7.83. The highest BCUT2D eigenvalue weighted by Crippen LogP contribution is 2.19. The van der Waals surface area contributed by atoms with Crippen LogP contribution in [-0.4, -0.2) is 25.0 Å². The Morgan fingerprint density at radius 2 is 2.10 bits per heavy atom. The minimum absolute atomic E-state index is 0.315. The summed E-state index contributed by atoms with van der Waals surface area (Å²) in [6, 6.07) is 3.36. The molecule has 1 N–H and O–H groups in total. The summed E-state index contributed by atoms with van der Waals surface area (Å²) >= 11 is 4.48. The van der Waals surface area contributed by atoms with Gasteiger partial charge in [-0.3, -0.25) is 4.79 Å². The predicted octanol–water partition coefficient (Wildman–Crippen LogP) is 2.85. The predicted molar refractivity (Wildman–Crippen MR) is 87.5 cm³/mol. The molecule has 0 fully saturated rings. The Balaban J connectivity index is 2.53. The largest absolute Gasteiger partial charge is 0.591 e. The van der Waals surface area contributed by atoms with E-state index >= 15 is 0 Å². The third kappa shape index (κ3) is 3.64. The minimum Gasteiger partial charge on any atom is -0.591 e. The van der Waals surface area contributed by atoms with Crippen LogP contribution >= 0.6 is 11.6 Å². The van der Waals surface area contributed by atoms with Crippen molar-refractivity contribution in [2.24, 2.45) is 4.40 Å². The molecule has 112 valence electrons. The van der Waals surface area contributed by atoms with Gasteiger partial charge >= 0.3 is 0 Å². The van der Waals surface area contributed by atoms with E-state index in [4.69, 9.17) is 11.6 Å². The number of hydrogen-bond donors (Lipinski definition) is 1. The molecule has 0 radical (unpaired) electrons. The third-order valence-electron chi connectivity index (χ3n) is 2.79. The van der Waals surface area contributed by atoms with Crippen LogP contribution in [0.3, 0.4) is 0 Å². The van der Waals surface area contributed by atoms with Gasteiger partial charge in [-0.25, -0.2) is 4.98 Å². The van der Waals surface area contributed by atoms with Crippen LogP contribution in [-0.2, 0) is 11.4 Å². The maximum absolute atomic E-state index is 12.1. The maximum Gasteiger partial charge on any atom is 0.258 e. The molecule has 0 saturated carbocycles. The fourth-order valence-electron chi connectivity index (χ4n) is 1.64. The number of aromatic nitrogens is 2. The maximum atomic E-state index is 12.1. The first-order valence-electron chi connectivity index (χ1n) is 6.35. The number of nitrogens with zero attached hydrogens (tertiary/aromatic N) is 2. The normalized spacial score (nSPS) is 14.5. The molecule has 2 aromatic heterocycles. The number of H-pyrrole nitrogens is 1. The fourth-order valence-corrected chi connectivity index (χ4v) is 2.43. The highest BCUT2D eigenvalue weighted by Gasteiger charge is 2.27. The van der Waals surface area contributed by atoms with Gasteiger partial charge in [0.25, 0.3) is 5.56 Å². The van der Waals surface area contributed by atoms with E-state index in [0.29, 0.717) is 27.3 Å². The summed E-state index contributed by atoms with van der Waals surface area (Å²) in [5.74, 6) is 0. The van der Waals surface area contributed by atoms with Gasteiger partial charge in [0, 0.05) is 11.6 Å². The van der Waals surface area contributed by atoms with Crippen molar-refractivity contribution < 1.29 is 4.55 Å². The van der Waals surface area contributed by atoms with E-state index in [1.807, 2.05) is 20.8 Å². The van der Waals surface area contributed by atoms with Crippen molar-refractivity contribution in [3.8, 4) is 0 Å². The zero-order chi connectivity index (χ0) is 15.8. The van der Waals surface area contributed by atoms with E-state index < -0.39 is 16.1 Å². The number of rotatable bonds is 2. The molecule has 0 aliphatic rings. The number of halogens is 1. The van der Waals surface area contributed by atoms with Crippen LogP contribution in [0.5, 0.6) is 0 Å². The van der Waals surface area contributed by atoms with Crippen LogP contribution in [0.2, 0.25) is 5.02 Å². The van der Waals surface area contributed by atoms with Crippen molar-refractivity contribution in [1.82, 2.24) is 9.97 Å². The average Bonchev–Trinajstić information content (AvgIpc) is 2.37. The smallest absolute Gasteiger partial charge is 0.258 e. The summed E-state index contributed by atoms with van der Waals surface area (Å²) < 4.78 is 15.7. The molecule has 5 nitrogen and oxygen atoms in total. The number of fused-ring (bicyclic) bond motifs is 1. The molecule has 0 bridgehead atoms. The van der Waals surface area contributed by atoms with Crippen LogP contribution in [0, 0.1) is 0 Å². The van der Waals surface area contributed by atoms with Crippen LogP contribution in [0.25, 0.3) is 11.0 Å². The molecule has 0 saturated heterocycles. The topological polar surface area (TPSA) is 81.2 Å². The molecule has 7 heteroatoms. The molecule has 2 rings (SSSR count). The Kier molecular flexibility index (Phi) is 4.41. The van der Waals surface area contributed by atoms with Gasteiger partial charge in [0.05, 0.1) is 10.6 Å². The van der Waals surface area contributed by atoms with Crippen LogP contribution in [0.1, 0.15) is 33.3 Å². The lowest BCUT2D eigenvalue weighted by molar-refractivity contribution is 0.561. The molecule has 0 aliphatic heterocycles. The zero-order valence-corrected chi connectivity index (χ0v) is 13.8. The van der Waals surface area contributed by atoms with Crippen molar-refractivity contribution in [2.75, 3.05) is 0 Å². The number of pyridine rings is 2. The van der Waals surface area contributed by atoms with Gasteiger partial charge in [-0.2, -0.15) is 0 Å². The molecular weight excluding hydrogens is 310 g/mol. The second-order valence-electron chi connectivity index (χ2n) is 5.64. The van der Waals surface area contributed by atoms with Crippen molar-refractivity contribution in [3.05, 3.63) is 39.3 Å². The molecule has 0 aliphatic carbocycles. The lowest BCUT2D eigenvalue weighted by Crippen LogP contribution is -2.27. The fraction of sp³-hybridized carbons (Fsp3) is 0.357. The SMILES string of the molecule is CC(=N[S+]([O-])C(C)(C)C)c1cc2cc(Cl)cnc2[nH]c1=O. The Morgan fingerprint density at radius 3 is 2.71 bits per heavy atom. The van der Waals surface area contributed by atoms with Gasteiger partial charge in [0.15, 0.2) is 0 Å². The Bertz CT molecular complexity index is 765. The lowest BCUT2D eigenvalue weighted by Gasteiger charge is -2.18. The molecule has 0 spiro atoms. The quantitative estimate of drug-likeness (QED) is 0.681. The van der Waals surface area contributed by atoms with Crippen molar-refractivity contribution in [2.45, 2.75) is 32.4 Å². The summed E-state index contributed by atoms with van der Waals surface area (Å²) in [5.41, 5.74) is 0.929. The van der Waals surface area contributed by atoms with Crippen LogP contribution < -0.4 is 5.56 Å². The summed E-state index contributed by atoms with van der Waals surface area (Å²) in [6.45, 7) is 7.15. The molecular formula is C14H16ClN3O2S. The first-order chi connectivity index (χ1) is 9.68. The summed E-state index contributed by atoms with van der Waals surface area (Å²) in [6.07, 6.45) is 1.47. The standard InChI is InChI=1S/C14H16ClN3O2S/c1-8(18-21(20)14(2,3)4)11-6-9-5-10(15)7-16-12(9)17-13(11)19/h5-7H,1-4H3,(H,16,17,19). The molecule has 2 heterocycles. The minimum atomic E-state index is -1.42. The second kappa shape index (κ2) is 5.79. The summed E-state index contributed by atoms with van der Waals surface area (Å²) in [7, 11) is 0. The number of aromatic amines is 1. The molecule has 1 atom stereocenters. The second-order valence-corrected chi connectivity index (χ2v) is 7.98. The number of nitrogens with one attached hydrogen (secondary N) is 1. The van der Waals surface area contributed by atoms with E-state index in [1.165, 1.54) is 6.20 Å². The zero-order valence-electron chi connectivity index (χ0n) is 12.2. The van der Waals surface area contributed by atoms with Gasteiger partial charge in [0.1, 0.15) is 27.5 Å². The number of hydrogen-bond acceptors (Lipinski definition) is 4. The van der Waals surface area contributed by atoms with Gasteiger partial charge in [-0.15, -0.1) is 0 Å². The summed E-state index contributed by atoms with van der Waals surface area (Å²) in [5, 5.41) is 1.18. The summed E-state index contributed by atoms with van der Waals surface area (Å²) in [4.78, 5) is 18.8. The van der Waals surface area contributed by atoms with E-state index in [0.717, 1.165) is 0 Å². The third-order valence-corrected chi connectivity index (χ3v) is 4.49. The van der Waals surface area contributed by atoms with Crippen molar-refractivity contribution in [1.29, 1.82) is 0 Å². The average molecular weight is 326 g/mol. The van der Waals surface area contributed by atoms with Crippen molar-refractivity contribution in [3.63, 3.8) is 0 Å². The molecule has 0 amide bonds. The van der Waals surface area contributed by atoms with Crippen molar-refractivity contribution >= 4 is 39.7 Å². The van der Waals surface area contributed by atoms with Crippen LogP contribution in [0.4, 0.5) is 0 Å². The Hall–Kier alpha value is -1.37. The Labute approximate surface area is 130 Å². The van der Waals surface area contributed by atoms with E-state index in [-0.39, 0.29) is 5.56 Å². The lowest BCUT2D eigenvalue weighted by atomic mass is 10.1. The van der Waals surface area contributed by atoms with E-state index in [9.17, 15) is 9.35 Å². The molecule has 1 unspecified atom stereocenters. The van der Waals surface area contributed by atoms with Gasteiger partial charge in [-0.05, 0) is 39.8 Å². The molecule has 2 aromatic rings.